The second-order valence-electron chi connectivity index (χ2n) is 26.3. The highest BCUT2D eigenvalue weighted by Gasteiger charge is 2.20. The predicted molar refractivity (Wildman–Crippen MR) is 361 cm³/mol. The molecule has 2 unspecified atom stereocenters. The summed E-state index contributed by atoms with van der Waals surface area (Å²) in [4.78, 5) is 24.6. The van der Waals surface area contributed by atoms with Crippen molar-refractivity contribution in [1.82, 2.24) is 5.32 Å². The van der Waals surface area contributed by atoms with Crippen LogP contribution in [0.25, 0.3) is 0 Å². The van der Waals surface area contributed by atoms with E-state index in [1.807, 2.05) is 0 Å². The molecular weight excluding hydrogens is 1010 g/mol. The van der Waals surface area contributed by atoms with E-state index >= 15 is 0 Å². The van der Waals surface area contributed by atoms with Gasteiger partial charge in [0.15, 0.2) is 0 Å². The summed E-state index contributed by atoms with van der Waals surface area (Å²) in [6.45, 7) is 5.01. The van der Waals surface area contributed by atoms with Crippen LogP contribution in [-0.2, 0) is 14.3 Å². The molecule has 1 amide bonds. The lowest BCUT2D eigenvalue weighted by atomic mass is 10.0. The van der Waals surface area contributed by atoms with Crippen LogP contribution >= 0.6 is 0 Å². The van der Waals surface area contributed by atoms with Crippen molar-refractivity contribution < 1.29 is 24.5 Å². The van der Waals surface area contributed by atoms with Gasteiger partial charge in [-0.15, -0.1) is 0 Å². The van der Waals surface area contributed by atoms with Crippen molar-refractivity contribution in [3.63, 3.8) is 0 Å². The molecule has 0 saturated heterocycles. The summed E-state index contributed by atoms with van der Waals surface area (Å²) in [5.41, 5.74) is 0. The van der Waals surface area contributed by atoms with Gasteiger partial charge in [0.1, 0.15) is 0 Å². The molecule has 6 heteroatoms. The molecule has 0 aliphatic rings. The van der Waals surface area contributed by atoms with Crippen LogP contribution in [-0.4, -0.2) is 47.4 Å². The molecule has 2 atom stereocenters. The SMILES string of the molecule is CCCCCCCCCCCCCCCCCCCCCCCC(O)C(CO)NC(=O)CCCCCCCCCCCCCCCC/C=C\CCCCCCCCCCCCCCOC(=O)CCCCCCCCCCCCCCCC. The quantitative estimate of drug-likeness (QED) is 0.0320. The number of carbonyl (C=O) groups excluding carboxylic acids is 2. The number of unbranched alkanes of at least 4 members (excludes halogenated alkanes) is 59. The lowest BCUT2D eigenvalue weighted by molar-refractivity contribution is -0.143. The average Bonchev–Trinajstić information content (AvgIpc) is 3.48. The third-order valence-corrected chi connectivity index (χ3v) is 18.1. The molecule has 0 bridgehead atoms. The molecule has 0 aromatic heterocycles. The topological polar surface area (TPSA) is 95.9 Å². The minimum absolute atomic E-state index is 0.0206. The average molecular weight is 1160 g/mol. The lowest BCUT2D eigenvalue weighted by Gasteiger charge is -2.22. The standard InChI is InChI=1S/C76H149NO5/c1-3-5-7-9-11-13-15-17-19-20-21-32-35-38-41-44-48-52-56-60-64-68-74(79)73(72-78)77-75(80)69-65-61-57-53-49-45-42-39-36-33-30-28-26-24-22-23-25-27-29-31-34-37-40-43-47-51-55-59-63-67-71-82-76(81)70-66-62-58-54-50-46-18-16-14-12-10-8-6-4-2/h23,25,73-74,78-79H,3-22,24,26-72H2,1-2H3,(H,77,80)/b25-23-. The Bertz CT molecular complexity index is 1240. The van der Waals surface area contributed by atoms with Gasteiger partial charge in [-0.25, -0.2) is 0 Å². The van der Waals surface area contributed by atoms with E-state index < -0.39 is 12.1 Å². The molecular formula is C76H149NO5. The summed E-state index contributed by atoms with van der Waals surface area (Å²) in [6, 6.07) is -0.541. The molecule has 82 heavy (non-hydrogen) atoms. The minimum atomic E-state index is -0.664. The van der Waals surface area contributed by atoms with Crippen LogP contribution in [0.2, 0.25) is 0 Å². The van der Waals surface area contributed by atoms with Crippen LogP contribution in [0.5, 0.6) is 0 Å². The molecule has 0 radical (unpaired) electrons. The van der Waals surface area contributed by atoms with Crippen molar-refractivity contribution >= 4 is 11.9 Å². The molecule has 3 N–H and O–H groups in total. The fraction of sp³-hybridized carbons (Fsp3) is 0.947. The Morgan fingerprint density at radius 3 is 0.866 bits per heavy atom. The fourth-order valence-corrected chi connectivity index (χ4v) is 12.3. The molecule has 0 rings (SSSR count). The molecule has 0 aromatic carbocycles. The largest absolute Gasteiger partial charge is 0.466 e. The maximum absolute atomic E-state index is 12.6. The van der Waals surface area contributed by atoms with Gasteiger partial charge in [0.2, 0.25) is 5.91 Å². The number of esters is 1. The van der Waals surface area contributed by atoms with Gasteiger partial charge in [-0.3, -0.25) is 9.59 Å². The third-order valence-electron chi connectivity index (χ3n) is 18.1. The Morgan fingerprint density at radius 1 is 0.329 bits per heavy atom. The summed E-state index contributed by atoms with van der Waals surface area (Å²) in [5.74, 6) is -0.00751. The van der Waals surface area contributed by atoms with Crippen molar-refractivity contribution in [2.24, 2.45) is 0 Å². The normalized spacial score (nSPS) is 12.5. The van der Waals surface area contributed by atoms with Crippen molar-refractivity contribution in [2.75, 3.05) is 13.2 Å². The first-order valence-electron chi connectivity index (χ1n) is 37.9. The summed E-state index contributed by atoms with van der Waals surface area (Å²) in [7, 11) is 0. The number of rotatable bonds is 72. The first-order chi connectivity index (χ1) is 40.5. The molecule has 0 aromatic rings. The molecule has 488 valence electrons. The maximum atomic E-state index is 12.6. The highest BCUT2D eigenvalue weighted by Crippen LogP contribution is 2.20. The second kappa shape index (κ2) is 72.1. The van der Waals surface area contributed by atoms with E-state index in [4.69, 9.17) is 4.74 Å². The first kappa shape index (κ1) is 80.6. The number of hydrogen-bond donors (Lipinski definition) is 3. The number of aliphatic hydroxyl groups excluding tert-OH is 2. The van der Waals surface area contributed by atoms with E-state index in [1.54, 1.807) is 0 Å². The first-order valence-corrected chi connectivity index (χ1v) is 37.9. The molecule has 0 saturated carbocycles. The predicted octanol–water partition coefficient (Wildman–Crippen LogP) is 24.7. The van der Waals surface area contributed by atoms with E-state index in [-0.39, 0.29) is 18.5 Å². The highest BCUT2D eigenvalue weighted by molar-refractivity contribution is 5.76. The van der Waals surface area contributed by atoms with Crippen LogP contribution in [0.3, 0.4) is 0 Å². The summed E-state index contributed by atoms with van der Waals surface area (Å²) < 4.78 is 5.50. The zero-order valence-electron chi connectivity index (χ0n) is 56.0. The van der Waals surface area contributed by atoms with Gasteiger partial charge in [0.05, 0.1) is 25.4 Å². The Kier molecular flexibility index (Phi) is 70.8. The lowest BCUT2D eigenvalue weighted by Crippen LogP contribution is -2.45. The smallest absolute Gasteiger partial charge is 0.305 e. The minimum Gasteiger partial charge on any atom is -0.466 e. The van der Waals surface area contributed by atoms with Crippen LogP contribution < -0.4 is 5.32 Å². The van der Waals surface area contributed by atoms with Gasteiger partial charge in [0, 0.05) is 12.8 Å². The van der Waals surface area contributed by atoms with Crippen LogP contribution in [0.15, 0.2) is 12.2 Å². The van der Waals surface area contributed by atoms with Gasteiger partial charge in [-0.05, 0) is 51.4 Å². The number of aliphatic hydroxyl groups is 2. The summed E-state index contributed by atoms with van der Waals surface area (Å²) in [5, 5.41) is 23.4. The zero-order chi connectivity index (χ0) is 59.2. The van der Waals surface area contributed by atoms with E-state index in [0.29, 0.717) is 25.9 Å². The Hall–Kier alpha value is -1.40. The van der Waals surface area contributed by atoms with Gasteiger partial charge in [0.25, 0.3) is 0 Å². The van der Waals surface area contributed by atoms with Crippen molar-refractivity contribution in [2.45, 2.75) is 450 Å². The Labute approximate surface area is 514 Å². The second-order valence-corrected chi connectivity index (χ2v) is 26.3. The van der Waals surface area contributed by atoms with Crippen molar-refractivity contribution in [1.29, 1.82) is 0 Å². The molecule has 0 spiro atoms. The Balaban J connectivity index is 3.36. The number of amides is 1. The van der Waals surface area contributed by atoms with E-state index in [2.05, 4.69) is 31.3 Å². The summed E-state index contributed by atoms with van der Waals surface area (Å²) >= 11 is 0. The van der Waals surface area contributed by atoms with Crippen LogP contribution in [0, 0.1) is 0 Å². The van der Waals surface area contributed by atoms with E-state index in [1.165, 1.54) is 366 Å². The Morgan fingerprint density at radius 2 is 0.573 bits per heavy atom. The number of allylic oxidation sites excluding steroid dienone is 2. The fourth-order valence-electron chi connectivity index (χ4n) is 12.3. The molecule has 0 heterocycles. The van der Waals surface area contributed by atoms with E-state index in [9.17, 15) is 19.8 Å². The van der Waals surface area contributed by atoms with Crippen molar-refractivity contribution in [3.8, 4) is 0 Å². The summed E-state index contributed by atoms with van der Waals surface area (Å²) in [6.07, 6.45) is 90.0. The molecule has 0 aliphatic carbocycles. The maximum Gasteiger partial charge on any atom is 0.305 e. The molecule has 0 fully saturated rings. The number of nitrogens with one attached hydrogen (secondary N) is 1. The number of ether oxygens (including phenoxy) is 1. The van der Waals surface area contributed by atoms with Crippen molar-refractivity contribution in [3.05, 3.63) is 12.2 Å². The molecule has 6 nitrogen and oxygen atoms in total. The highest BCUT2D eigenvalue weighted by atomic mass is 16.5. The van der Waals surface area contributed by atoms with Gasteiger partial charge < -0.3 is 20.3 Å². The van der Waals surface area contributed by atoms with Crippen LogP contribution in [0.1, 0.15) is 438 Å². The molecule has 0 aliphatic heterocycles. The monoisotopic (exact) mass is 1160 g/mol. The number of hydrogen-bond acceptors (Lipinski definition) is 5. The van der Waals surface area contributed by atoms with Gasteiger partial charge in [-0.1, -0.05) is 386 Å². The number of carbonyl (C=O) groups is 2. The van der Waals surface area contributed by atoms with Crippen LogP contribution in [0.4, 0.5) is 0 Å². The van der Waals surface area contributed by atoms with Gasteiger partial charge in [-0.2, -0.15) is 0 Å². The zero-order valence-corrected chi connectivity index (χ0v) is 56.0. The van der Waals surface area contributed by atoms with Gasteiger partial charge >= 0.3 is 5.97 Å². The van der Waals surface area contributed by atoms with E-state index in [0.717, 1.165) is 38.5 Å². The third kappa shape index (κ3) is 67.7.